The highest BCUT2D eigenvalue weighted by Crippen LogP contribution is 2.27. The van der Waals surface area contributed by atoms with Gasteiger partial charge in [0.2, 0.25) is 15.9 Å². The lowest BCUT2D eigenvalue weighted by Crippen LogP contribution is -2.41. The summed E-state index contributed by atoms with van der Waals surface area (Å²) in [6, 6.07) is 3.89. The molecule has 1 amide bonds. The Morgan fingerprint density at radius 2 is 2.08 bits per heavy atom. The van der Waals surface area contributed by atoms with E-state index in [0.29, 0.717) is 31.7 Å². The van der Waals surface area contributed by atoms with E-state index in [9.17, 15) is 23.3 Å². The Hall–Kier alpha value is -2.20. The van der Waals surface area contributed by atoms with Gasteiger partial charge in [-0.3, -0.25) is 19.2 Å². The van der Waals surface area contributed by atoms with Crippen LogP contribution >= 0.6 is 0 Å². The molecule has 1 aromatic rings. The number of anilines is 1. The number of aryl methyl sites for hydroxylation is 1. The molecule has 0 aliphatic heterocycles. The van der Waals surface area contributed by atoms with Crippen LogP contribution in [-0.4, -0.2) is 51.8 Å². The van der Waals surface area contributed by atoms with Crippen LogP contribution in [0, 0.1) is 17.0 Å². The number of hydrogen-bond donors (Lipinski definition) is 1. The standard InChI is InChI=1S/C15H23N3O6S/c1-4-24-9-5-8-16-15(19)11-17(25(3,22)23)14-10-13(18(20)21)7-6-12(14)2/h6-7,10H,4-5,8-9,11H2,1-3H3,(H,16,19). The fourth-order valence-corrected chi connectivity index (χ4v) is 3.00. The highest BCUT2D eigenvalue weighted by molar-refractivity contribution is 7.92. The van der Waals surface area contributed by atoms with Crippen LogP contribution in [0.5, 0.6) is 0 Å². The number of carbonyl (C=O) groups excluding carboxylic acids is 1. The quantitative estimate of drug-likeness (QED) is 0.374. The number of ether oxygens (including phenoxy) is 1. The van der Waals surface area contributed by atoms with E-state index < -0.39 is 27.4 Å². The number of nitro benzene ring substituents is 1. The van der Waals surface area contributed by atoms with E-state index in [1.165, 1.54) is 12.1 Å². The molecule has 1 rings (SSSR count). The summed E-state index contributed by atoms with van der Waals surface area (Å²) in [6.07, 6.45) is 1.56. The van der Waals surface area contributed by atoms with Crippen molar-refractivity contribution in [2.24, 2.45) is 0 Å². The molecule has 25 heavy (non-hydrogen) atoms. The van der Waals surface area contributed by atoms with Gasteiger partial charge < -0.3 is 10.1 Å². The highest BCUT2D eigenvalue weighted by atomic mass is 32.2. The van der Waals surface area contributed by atoms with Crippen molar-refractivity contribution in [1.29, 1.82) is 0 Å². The zero-order chi connectivity index (χ0) is 19.0. The second kappa shape index (κ2) is 9.33. The fourth-order valence-electron chi connectivity index (χ4n) is 2.09. The van der Waals surface area contributed by atoms with Crippen molar-refractivity contribution in [3.8, 4) is 0 Å². The number of sulfonamides is 1. The Bertz CT molecular complexity index is 720. The number of nitrogens with zero attached hydrogens (tertiary/aromatic N) is 2. The Morgan fingerprint density at radius 3 is 2.64 bits per heavy atom. The number of benzene rings is 1. The minimum absolute atomic E-state index is 0.112. The van der Waals surface area contributed by atoms with Crippen LogP contribution in [0.1, 0.15) is 18.9 Å². The van der Waals surface area contributed by atoms with Crippen LogP contribution in [0.4, 0.5) is 11.4 Å². The van der Waals surface area contributed by atoms with Gasteiger partial charge in [-0.1, -0.05) is 6.07 Å². The molecule has 140 valence electrons. The molecule has 1 aromatic carbocycles. The molecule has 10 heteroatoms. The lowest BCUT2D eigenvalue weighted by Gasteiger charge is -2.23. The summed E-state index contributed by atoms with van der Waals surface area (Å²) in [5.41, 5.74) is 0.382. The summed E-state index contributed by atoms with van der Waals surface area (Å²) >= 11 is 0. The summed E-state index contributed by atoms with van der Waals surface area (Å²) in [4.78, 5) is 22.4. The van der Waals surface area contributed by atoms with Gasteiger partial charge in [0.1, 0.15) is 6.54 Å². The molecule has 0 spiro atoms. The number of amides is 1. The van der Waals surface area contributed by atoms with Crippen LogP contribution in [0.15, 0.2) is 18.2 Å². The largest absolute Gasteiger partial charge is 0.382 e. The van der Waals surface area contributed by atoms with Gasteiger partial charge in [-0.15, -0.1) is 0 Å². The first-order chi connectivity index (χ1) is 11.7. The fraction of sp³-hybridized carbons (Fsp3) is 0.533. The molecule has 0 saturated carbocycles. The molecule has 0 radical (unpaired) electrons. The van der Waals surface area contributed by atoms with Gasteiger partial charge in [-0.25, -0.2) is 8.42 Å². The number of hydrogen-bond acceptors (Lipinski definition) is 6. The van der Waals surface area contributed by atoms with Crippen LogP contribution in [-0.2, 0) is 19.6 Å². The van der Waals surface area contributed by atoms with E-state index in [4.69, 9.17) is 4.74 Å². The zero-order valence-corrected chi connectivity index (χ0v) is 15.3. The third-order valence-electron chi connectivity index (χ3n) is 3.35. The Labute approximate surface area is 147 Å². The summed E-state index contributed by atoms with van der Waals surface area (Å²) in [6.45, 7) is 4.47. The molecule has 0 bridgehead atoms. The van der Waals surface area contributed by atoms with Crippen LogP contribution in [0.25, 0.3) is 0 Å². The van der Waals surface area contributed by atoms with E-state index in [2.05, 4.69) is 5.32 Å². The van der Waals surface area contributed by atoms with Crippen molar-refractivity contribution in [3.63, 3.8) is 0 Å². The number of carbonyl (C=O) groups is 1. The van der Waals surface area contributed by atoms with Gasteiger partial charge >= 0.3 is 0 Å². The van der Waals surface area contributed by atoms with Crippen molar-refractivity contribution >= 4 is 27.3 Å². The molecular weight excluding hydrogens is 350 g/mol. The van der Waals surface area contributed by atoms with Gasteiger partial charge in [0.25, 0.3) is 5.69 Å². The minimum Gasteiger partial charge on any atom is -0.382 e. The molecule has 0 fully saturated rings. The topological polar surface area (TPSA) is 119 Å². The molecule has 0 aliphatic rings. The number of rotatable bonds is 10. The van der Waals surface area contributed by atoms with Crippen LogP contribution in [0.2, 0.25) is 0 Å². The van der Waals surface area contributed by atoms with E-state index in [-0.39, 0.29) is 11.4 Å². The predicted molar refractivity (Wildman–Crippen MR) is 94.1 cm³/mol. The number of nitrogens with one attached hydrogen (secondary N) is 1. The van der Waals surface area contributed by atoms with Crippen molar-refractivity contribution < 1.29 is 22.9 Å². The van der Waals surface area contributed by atoms with Gasteiger partial charge in [-0.05, 0) is 25.8 Å². The summed E-state index contributed by atoms with van der Waals surface area (Å²) in [7, 11) is -3.79. The lowest BCUT2D eigenvalue weighted by molar-refractivity contribution is -0.384. The average molecular weight is 373 g/mol. The first kappa shape index (κ1) is 20.8. The normalized spacial score (nSPS) is 11.2. The highest BCUT2D eigenvalue weighted by Gasteiger charge is 2.24. The monoisotopic (exact) mass is 373 g/mol. The predicted octanol–water partition coefficient (Wildman–Crippen LogP) is 1.21. The summed E-state index contributed by atoms with van der Waals surface area (Å²) in [5.74, 6) is -0.493. The van der Waals surface area contributed by atoms with E-state index in [0.717, 1.165) is 16.6 Å². The van der Waals surface area contributed by atoms with Gasteiger partial charge in [0, 0.05) is 31.9 Å². The molecular formula is C15H23N3O6S. The molecule has 0 atom stereocenters. The maximum atomic E-state index is 12.1. The zero-order valence-electron chi connectivity index (χ0n) is 14.5. The average Bonchev–Trinajstić information content (AvgIpc) is 2.52. The smallest absolute Gasteiger partial charge is 0.271 e. The second-order valence-corrected chi connectivity index (χ2v) is 7.30. The minimum atomic E-state index is -3.79. The van der Waals surface area contributed by atoms with E-state index in [1.807, 2.05) is 6.92 Å². The first-order valence-electron chi connectivity index (χ1n) is 7.74. The molecule has 9 nitrogen and oxygen atoms in total. The van der Waals surface area contributed by atoms with Crippen LogP contribution in [0.3, 0.4) is 0 Å². The molecule has 0 heterocycles. The maximum absolute atomic E-state index is 12.1. The van der Waals surface area contributed by atoms with E-state index in [1.54, 1.807) is 6.92 Å². The Balaban J connectivity index is 2.91. The maximum Gasteiger partial charge on any atom is 0.271 e. The van der Waals surface area contributed by atoms with Gasteiger partial charge in [0.05, 0.1) is 16.9 Å². The number of non-ortho nitro benzene ring substituents is 1. The van der Waals surface area contributed by atoms with Crippen molar-refractivity contribution in [2.75, 3.05) is 36.9 Å². The first-order valence-corrected chi connectivity index (χ1v) is 9.58. The summed E-state index contributed by atoms with van der Waals surface area (Å²) < 4.78 is 30.2. The second-order valence-electron chi connectivity index (χ2n) is 5.40. The van der Waals surface area contributed by atoms with Crippen molar-refractivity contribution in [1.82, 2.24) is 5.32 Å². The van der Waals surface area contributed by atoms with Gasteiger partial charge in [-0.2, -0.15) is 0 Å². The Kier molecular flexibility index (Phi) is 7.78. The molecule has 0 unspecified atom stereocenters. The summed E-state index contributed by atoms with van der Waals surface area (Å²) in [5, 5.41) is 13.5. The van der Waals surface area contributed by atoms with Crippen molar-refractivity contribution in [2.45, 2.75) is 20.3 Å². The molecule has 0 saturated heterocycles. The Morgan fingerprint density at radius 1 is 1.40 bits per heavy atom. The molecule has 0 aromatic heterocycles. The van der Waals surface area contributed by atoms with E-state index >= 15 is 0 Å². The SMILES string of the molecule is CCOCCCNC(=O)CN(c1cc([N+](=O)[O-])ccc1C)S(C)(=O)=O. The third-order valence-corrected chi connectivity index (χ3v) is 4.48. The lowest BCUT2D eigenvalue weighted by atomic mass is 10.2. The molecule has 1 N–H and O–H groups in total. The van der Waals surface area contributed by atoms with Gasteiger partial charge in [0.15, 0.2) is 0 Å². The van der Waals surface area contributed by atoms with Crippen LogP contribution < -0.4 is 9.62 Å². The third kappa shape index (κ3) is 6.67. The van der Waals surface area contributed by atoms with Crippen molar-refractivity contribution in [3.05, 3.63) is 33.9 Å². The molecule has 0 aliphatic carbocycles. The number of nitro groups is 1.